The Morgan fingerprint density at radius 1 is 1.38 bits per heavy atom. The summed E-state index contributed by atoms with van der Waals surface area (Å²) in [5.41, 5.74) is 2.57. The maximum Gasteiger partial charge on any atom is 0.292 e. The summed E-state index contributed by atoms with van der Waals surface area (Å²) in [7, 11) is 0. The number of nitrogens with one attached hydrogen (secondary N) is 2. The summed E-state index contributed by atoms with van der Waals surface area (Å²) in [5, 5.41) is 10.7. The van der Waals surface area contributed by atoms with Gasteiger partial charge in [-0.3, -0.25) is 9.89 Å². The van der Waals surface area contributed by atoms with Gasteiger partial charge in [0.1, 0.15) is 5.58 Å². The molecule has 3 rings (SSSR count). The van der Waals surface area contributed by atoms with Gasteiger partial charge < -0.3 is 9.73 Å². The summed E-state index contributed by atoms with van der Waals surface area (Å²) < 4.78 is 5.64. The highest BCUT2D eigenvalue weighted by molar-refractivity contribution is 6.06. The van der Waals surface area contributed by atoms with Crippen molar-refractivity contribution in [2.45, 2.75) is 26.7 Å². The van der Waals surface area contributed by atoms with Crippen LogP contribution < -0.4 is 5.32 Å². The summed E-state index contributed by atoms with van der Waals surface area (Å²) in [6.07, 6.45) is 1.94. The van der Waals surface area contributed by atoms with Gasteiger partial charge in [0.25, 0.3) is 5.91 Å². The molecule has 1 aromatic carbocycles. The van der Waals surface area contributed by atoms with Crippen LogP contribution in [0.3, 0.4) is 0 Å². The first kappa shape index (κ1) is 13.4. The number of benzene rings is 1. The van der Waals surface area contributed by atoms with Gasteiger partial charge in [-0.05, 0) is 19.4 Å². The Bertz CT molecular complexity index is 786. The zero-order valence-electron chi connectivity index (χ0n) is 12.1. The highest BCUT2D eigenvalue weighted by atomic mass is 16.3. The van der Waals surface area contributed by atoms with E-state index in [-0.39, 0.29) is 5.91 Å². The summed E-state index contributed by atoms with van der Waals surface area (Å²) in [6.45, 7) is 3.98. The number of hydrogen-bond donors (Lipinski definition) is 2. The molecule has 1 amide bonds. The Balaban J connectivity index is 1.84. The molecule has 2 aromatic heterocycles. The molecule has 2 heterocycles. The van der Waals surface area contributed by atoms with Crippen molar-refractivity contribution in [3.05, 3.63) is 47.3 Å². The van der Waals surface area contributed by atoms with Crippen molar-refractivity contribution in [3.63, 3.8) is 0 Å². The first-order valence-electron chi connectivity index (χ1n) is 7.02. The Hall–Kier alpha value is -2.56. The second kappa shape index (κ2) is 5.44. The number of anilines is 1. The quantitative estimate of drug-likeness (QED) is 0.767. The minimum Gasteiger partial charge on any atom is -0.451 e. The standard InChI is InChI=1S/C16H17N3O2/c1-3-6-11-9-14(19-18-11)17-16(20)15-10(2)12-7-4-5-8-13(12)21-15/h4-5,7-9H,3,6H2,1-2H3,(H2,17,18,19,20). The monoisotopic (exact) mass is 283 g/mol. The number of rotatable bonds is 4. The first-order valence-corrected chi connectivity index (χ1v) is 7.02. The Labute approximate surface area is 122 Å². The number of hydrogen-bond acceptors (Lipinski definition) is 3. The van der Waals surface area contributed by atoms with Gasteiger partial charge in [0.05, 0.1) is 0 Å². The molecular weight excluding hydrogens is 266 g/mol. The van der Waals surface area contributed by atoms with E-state index in [2.05, 4.69) is 22.4 Å². The van der Waals surface area contributed by atoms with Crippen LogP contribution in [-0.4, -0.2) is 16.1 Å². The van der Waals surface area contributed by atoms with E-state index in [1.165, 1.54) is 0 Å². The molecule has 21 heavy (non-hydrogen) atoms. The maximum atomic E-state index is 12.3. The molecule has 0 aliphatic carbocycles. The highest BCUT2D eigenvalue weighted by Gasteiger charge is 2.18. The lowest BCUT2D eigenvalue weighted by atomic mass is 10.1. The summed E-state index contributed by atoms with van der Waals surface area (Å²) in [5.74, 6) is 0.567. The minimum atomic E-state index is -0.279. The van der Waals surface area contributed by atoms with E-state index in [1.54, 1.807) is 0 Å². The fourth-order valence-corrected chi connectivity index (χ4v) is 2.39. The number of fused-ring (bicyclic) bond motifs is 1. The van der Waals surface area contributed by atoms with Gasteiger partial charge >= 0.3 is 0 Å². The Kier molecular flexibility index (Phi) is 3.48. The normalized spacial score (nSPS) is 11.0. The zero-order valence-corrected chi connectivity index (χ0v) is 12.1. The van der Waals surface area contributed by atoms with E-state index in [4.69, 9.17) is 4.42 Å². The molecule has 0 saturated heterocycles. The first-order chi connectivity index (χ1) is 10.2. The summed E-state index contributed by atoms with van der Waals surface area (Å²) in [4.78, 5) is 12.3. The molecule has 0 saturated carbocycles. The Morgan fingerprint density at radius 3 is 2.95 bits per heavy atom. The molecule has 2 N–H and O–H groups in total. The summed E-state index contributed by atoms with van der Waals surface area (Å²) in [6, 6.07) is 9.46. The van der Waals surface area contributed by atoms with Crippen molar-refractivity contribution in [1.82, 2.24) is 10.2 Å². The molecular formula is C16H17N3O2. The SMILES string of the molecule is CCCc1cc(NC(=O)c2oc3ccccc3c2C)n[nH]1. The Morgan fingerprint density at radius 2 is 2.19 bits per heavy atom. The topological polar surface area (TPSA) is 70.9 Å². The predicted molar refractivity (Wildman–Crippen MR) is 81.5 cm³/mol. The van der Waals surface area contributed by atoms with Crippen LogP contribution in [0.5, 0.6) is 0 Å². The molecule has 3 aromatic rings. The number of furan rings is 1. The van der Waals surface area contributed by atoms with Crippen molar-refractivity contribution in [2.24, 2.45) is 0 Å². The smallest absolute Gasteiger partial charge is 0.292 e. The van der Waals surface area contributed by atoms with Gasteiger partial charge in [-0.2, -0.15) is 5.10 Å². The van der Waals surface area contributed by atoms with Crippen molar-refractivity contribution in [3.8, 4) is 0 Å². The van der Waals surface area contributed by atoms with Gasteiger partial charge in [-0.1, -0.05) is 31.5 Å². The maximum absolute atomic E-state index is 12.3. The van der Waals surface area contributed by atoms with Crippen LogP contribution in [0, 0.1) is 6.92 Å². The van der Waals surface area contributed by atoms with Gasteiger partial charge in [0.2, 0.25) is 0 Å². The van der Waals surface area contributed by atoms with Gasteiger partial charge in [0, 0.05) is 22.7 Å². The predicted octanol–water partition coefficient (Wildman–Crippen LogP) is 3.67. The third kappa shape index (κ3) is 2.54. The van der Waals surface area contributed by atoms with Crippen LogP contribution in [0.15, 0.2) is 34.7 Å². The van der Waals surface area contributed by atoms with Crippen LogP contribution in [0.1, 0.15) is 35.2 Å². The molecule has 0 atom stereocenters. The zero-order chi connectivity index (χ0) is 14.8. The van der Waals surface area contributed by atoms with E-state index in [0.717, 1.165) is 29.5 Å². The molecule has 0 aliphatic heterocycles. The molecule has 5 nitrogen and oxygen atoms in total. The van der Waals surface area contributed by atoms with Crippen molar-refractivity contribution in [2.75, 3.05) is 5.32 Å². The lowest BCUT2D eigenvalue weighted by molar-refractivity contribution is 0.0997. The molecule has 0 bridgehead atoms. The van der Waals surface area contributed by atoms with Crippen LogP contribution in [0.25, 0.3) is 11.0 Å². The fraction of sp³-hybridized carbons (Fsp3) is 0.250. The van der Waals surface area contributed by atoms with Gasteiger partial charge in [0.15, 0.2) is 11.6 Å². The average Bonchev–Trinajstić information content (AvgIpc) is 3.05. The van der Waals surface area contributed by atoms with Crippen LogP contribution in [0.2, 0.25) is 0 Å². The lowest BCUT2D eigenvalue weighted by Gasteiger charge is -1.99. The number of nitrogens with zero attached hydrogens (tertiary/aromatic N) is 1. The van der Waals surface area contributed by atoms with E-state index < -0.39 is 0 Å². The lowest BCUT2D eigenvalue weighted by Crippen LogP contribution is -2.12. The van der Waals surface area contributed by atoms with Crippen molar-refractivity contribution in [1.29, 1.82) is 0 Å². The van der Waals surface area contributed by atoms with Crippen LogP contribution in [0.4, 0.5) is 5.82 Å². The molecule has 0 unspecified atom stereocenters. The van der Waals surface area contributed by atoms with E-state index >= 15 is 0 Å². The average molecular weight is 283 g/mol. The fourth-order valence-electron chi connectivity index (χ4n) is 2.39. The number of carbonyl (C=O) groups is 1. The highest BCUT2D eigenvalue weighted by Crippen LogP contribution is 2.25. The van der Waals surface area contributed by atoms with Crippen LogP contribution >= 0.6 is 0 Å². The number of carbonyl (C=O) groups excluding carboxylic acids is 1. The molecule has 5 heteroatoms. The number of amides is 1. The van der Waals surface area contributed by atoms with Crippen molar-refractivity contribution >= 4 is 22.7 Å². The molecule has 0 spiro atoms. The molecule has 0 radical (unpaired) electrons. The van der Waals surface area contributed by atoms with Gasteiger partial charge in [-0.15, -0.1) is 0 Å². The number of aryl methyl sites for hydroxylation is 2. The van der Waals surface area contributed by atoms with E-state index in [1.807, 2.05) is 37.3 Å². The molecule has 0 fully saturated rings. The van der Waals surface area contributed by atoms with E-state index in [0.29, 0.717) is 17.2 Å². The van der Waals surface area contributed by atoms with Gasteiger partial charge in [-0.25, -0.2) is 0 Å². The molecule has 108 valence electrons. The third-order valence-electron chi connectivity index (χ3n) is 3.44. The second-order valence-electron chi connectivity index (χ2n) is 5.03. The number of H-pyrrole nitrogens is 1. The summed E-state index contributed by atoms with van der Waals surface area (Å²) >= 11 is 0. The second-order valence-corrected chi connectivity index (χ2v) is 5.03. The van der Waals surface area contributed by atoms with E-state index in [9.17, 15) is 4.79 Å². The third-order valence-corrected chi connectivity index (χ3v) is 3.44. The number of aromatic amines is 1. The van der Waals surface area contributed by atoms with Crippen molar-refractivity contribution < 1.29 is 9.21 Å². The number of para-hydroxylation sites is 1. The number of aromatic nitrogens is 2. The largest absolute Gasteiger partial charge is 0.451 e. The molecule has 0 aliphatic rings. The van der Waals surface area contributed by atoms with Crippen LogP contribution in [-0.2, 0) is 6.42 Å². The minimum absolute atomic E-state index is 0.279.